The number of anilines is 1. The highest BCUT2D eigenvalue weighted by Crippen LogP contribution is 2.28. The molecule has 0 atom stereocenters. The molecule has 25 heavy (non-hydrogen) atoms. The Labute approximate surface area is 140 Å². The van der Waals surface area contributed by atoms with Crippen molar-refractivity contribution in [1.29, 1.82) is 0 Å². The average molecular weight is 347 g/mol. The summed E-state index contributed by atoms with van der Waals surface area (Å²) in [5, 5.41) is 37.3. The number of hydrogen-bond donors (Lipinski definition) is 2. The molecular formula is C14H13N5O6. The van der Waals surface area contributed by atoms with Crippen LogP contribution in [0.3, 0.4) is 0 Å². The molecule has 0 amide bonds. The highest BCUT2D eigenvalue weighted by molar-refractivity contribution is 6.38. The molecule has 2 aromatic rings. The Hall–Kier alpha value is -3.86. The fourth-order valence-corrected chi connectivity index (χ4v) is 1.83. The summed E-state index contributed by atoms with van der Waals surface area (Å²) in [6.45, 7) is 0. The van der Waals surface area contributed by atoms with Gasteiger partial charge in [-0.3, -0.25) is 25.7 Å². The van der Waals surface area contributed by atoms with Crippen molar-refractivity contribution in [2.45, 2.75) is 0 Å². The van der Waals surface area contributed by atoms with Gasteiger partial charge in [0.05, 0.1) is 22.1 Å². The number of hydrogen-bond acceptors (Lipinski definition) is 8. The first-order valence-electron chi connectivity index (χ1n) is 6.52. The van der Waals surface area contributed by atoms with Crippen LogP contribution in [0.15, 0.2) is 58.8 Å². The predicted octanol–water partition coefficient (Wildman–Crippen LogP) is 1.95. The van der Waals surface area contributed by atoms with Crippen molar-refractivity contribution >= 4 is 29.0 Å². The number of nitrogens with zero attached hydrogens (tertiary/aromatic N) is 4. The van der Waals surface area contributed by atoms with E-state index in [4.69, 9.17) is 5.21 Å². The summed E-state index contributed by atoms with van der Waals surface area (Å²) in [6.07, 6.45) is 1.06. The molecule has 0 radical (unpaired) electrons. The van der Waals surface area contributed by atoms with Crippen LogP contribution in [0.2, 0.25) is 0 Å². The minimum atomic E-state index is -0.757. The summed E-state index contributed by atoms with van der Waals surface area (Å²) in [5.41, 5.74) is 2.34. The largest absolute Gasteiger partial charge is 0.412 e. The molecule has 11 heteroatoms. The molecule has 0 aromatic heterocycles. The summed E-state index contributed by atoms with van der Waals surface area (Å²) in [6, 6.07) is 11.8. The van der Waals surface area contributed by atoms with Gasteiger partial charge >= 0.3 is 5.69 Å². The maximum absolute atomic E-state index is 11.1. The van der Waals surface area contributed by atoms with Crippen molar-refractivity contribution in [3.8, 4) is 0 Å². The zero-order chi connectivity index (χ0) is 17.5. The van der Waals surface area contributed by atoms with Gasteiger partial charge in [0.1, 0.15) is 11.4 Å². The molecule has 0 unspecified atom stereocenters. The Morgan fingerprint density at radius 1 is 1.08 bits per heavy atom. The van der Waals surface area contributed by atoms with Crippen molar-refractivity contribution in [2.24, 2.45) is 10.3 Å². The fraction of sp³-hybridized carbons (Fsp3) is 0. The van der Waals surface area contributed by atoms with E-state index in [-0.39, 0.29) is 16.9 Å². The van der Waals surface area contributed by atoms with Crippen LogP contribution in [0.5, 0.6) is 0 Å². The third-order valence-corrected chi connectivity index (χ3v) is 2.94. The molecule has 0 aliphatic carbocycles. The van der Waals surface area contributed by atoms with E-state index < -0.39 is 21.2 Å². The third kappa shape index (κ3) is 4.80. The number of benzene rings is 2. The number of hydrazone groups is 1. The lowest BCUT2D eigenvalue weighted by atomic mass is 10.1. The molecule has 0 aliphatic heterocycles. The second-order valence-electron chi connectivity index (χ2n) is 4.44. The molecule has 0 spiro atoms. The quantitative estimate of drug-likeness (QED) is 0.349. The summed E-state index contributed by atoms with van der Waals surface area (Å²) in [4.78, 5) is 20.3. The number of non-ortho nitro benzene ring substituents is 1. The molecular weight excluding hydrogens is 334 g/mol. The lowest BCUT2D eigenvalue weighted by molar-refractivity contribution is -0.393. The zero-order valence-electron chi connectivity index (χ0n) is 12.6. The minimum absolute atomic E-state index is 0. The van der Waals surface area contributed by atoms with E-state index in [1.54, 1.807) is 30.3 Å². The van der Waals surface area contributed by atoms with Crippen molar-refractivity contribution in [1.82, 2.24) is 0 Å². The molecule has 0 fully saturated rings. The van der Waals surface area contributed by atoms with Gasteiger partial charge in [0.15, 0.2) is 0 Å². The Morgan fingerprint density at radius 2 is 1.76 bits per heavy atom. The molecule has 0 aliphatic rings. The van der Waals surface area contributed by atoms with Gasteiger partial charge in [0.25, 0.3) is 5.69 Å². The average Bonchev–Trinajstić information content (AvgIpc) is 2.59. The highest BCUT2D eigenvalue weighted by Gasteiger charge is 2.19. The predicted molar refractivity (Wildman–Crippen MR) is 90.2 cm³/mol. The first kappa shape index (κ1) is 19.2. The van der Waals surface area contributed by atoms with Gasteiger partial charge < -0.3 is 10.7 Å². The Bertz CT molecular complexity index is 822. The second kappa shape index (κ2) is 8.69. The van der Waals surface area contributed by atoms with Crippen LogP contribution in [-0.2, 0) is 0 Å². The van der Waals surface area contributed by atoms with Crippen LogP contribution in [0, 0.1) is 20.2 Å². The fourth-order valence-electron chi connectivity index (χ4n) is 1.83. The number of oxime groups is 1. The third-order valence-electron chi connectivity index (χ3n) is 2.94. The maximum atomic E-state index is 11.1. The molecule has 130 valence electrons. The summed E-state index contributed by atoms with van der Waals surface area (Å²) >= 11 is 0. The molecule has 0 saturated heterocycles. The molecule has 4 N–H and O–H groups in total. The van der Waals surface area contributed by atoms with E-state index >= 15 is 0 Å². The Kier molecular flexibility index (Phi) is 6.67. The van der Waals surface area contributed by atoms with Gasteiger partial charge in [-0.15, -0.1) is 0 Å². The topological polar surface area (TPSA) is 175 Å². The minimum Gasteiger partial charge on any atom is -0.412 e. The van der Waals surface area contributed by atoms with E-state index in [1.807, 2.05) is 0 Å². The van der Waals surface area contributed by atoms with Gasteiger partial charge in [-0.1, -0.05) is 35.5 Å². The second-order valence-corrected chi connectivity index (χ2v) is 4.44. The molecule has 2 rings (SSSR count). The van der Waals surface area contributed by atoms with E-state index in [0.717, 1.165) is 18.3 Å². The van der Waals surface area contributed by atoms with Crippen molar-refractivity contribution in [3.05, 3.63) is 74.3 Å². The van der Waals surface area contributed by atoms with Crippen LogP contribution in [0.4, 0.5) is 17.1 Å². The first-order chi connectivity index (χ1) is 11.5. The summed E-state index contributed by atoms with van der Waals surface area (Å²) in [5.74, 6) is 0. The van der Waals surface area contributed by atoms with Crippen molar-refractivity contribution in [2.75, 3.05) is 5.43 Å². The Balaban J connectivity index is 0.00000312. The van der Waals surface area contributed by atoms with Crippen LogP contribution >= 0.6 is 0 Å². The van der Waals surface area contributed by atoms with Crippen molar-refractivity contribution < 1.29 is 20.5 Å². The van der Waals surface area contributed by atoms with Gasteiger partial charge in [0, 0.05) is 11.6 Å². The number of rotatable bonds is 6. The first-order valence-corrected chi connectivity index (χ1v) is 6.52. The number of nitro benzene ring substituents is 2. The van der Waals surface area contributed by atoms with E-state index in [1.165, 1.54) is 6.07 Å². The summed E-state index contributed by atoms with van der Waals surface area (Å²) < 4.78 is 0. The van der Waals surface area contributed by atoms with Crippen LogP contribution in [0.25, 0.3) is 0 Å². The van der Waals surface area contributed by atoms with Gasteiger partial charge in [-0.25, -0.2) is 0 Å². The van der Waals surface area contributed by atoms with E-state index in [2.05, 4.69) is 15.7 Å². The van der Waals surface area contributed by atoms with Gasteiger partial charge in [-0.05, 0) is 6.07 Å². The van der Waals surface area contributed by atoms with Crippen LogP contribution in [-0.4, -0.2) is 32.5 Å². The lowest BCUT2D eigenvalue weighted by Crippen LogP contribution is -2.07. The monoisotopic (exact) mass is 347 g/mol. The molecule has 0 heterocycles. The molecule has 0 saturated carbocycles. The lowest BCUT2D eigenvalue weighted by Gasteiger charge is -2.04. The standard InChI is InChI=1S/C14H11N5O5.H2O/c20-15-9-13(10-4-2-1-3-5-10)17-16-12-7-6-11(18(21)22)8-14(12)19(23)24;/h1-9,16,20H;1H2/b15-9+,17-13+;. The SMILES string of the molecule is O.O=[N+]([O-])c1ccc(N/N=C(\C=N\O)c2ccccc2)c([N+](=O)[O-])c1. The zero-order valence-corrected chi connectivity index (χ0v) is 12.6. The highest BCUT2D eigenvalue weighted by atomic mass is 16.6. The normalized spacial score (nSPS) is 11.0. The number of nitro groups is 2. The number of nitrogens with one attached hydrogen (secondary N) is 1. The van der Waals surface area contributed by atoms with Gasteiger partial charge in [-0.2, -0.15) is 5.10 Å². The smallest absolute Gasteiger partial charge is 0.301 e. The van der Waals surface area contributed by atoms with Crippen molar-refractivity contribution in [3.63, 3.8) is 0 Å². The summed E-state index contributed by atoms with van der Waals surface area (Å²) in [7, 11) is 0. The maximum Gasteiger partial charge on any atom is 0.301 e. The molecule has 0 bridgehead atoms. The van der Waals surface area contributed by atoms with Gasteiger partial charge in [0.2, 0.25) is 0 Å². The Morgan fingerprint density at radius 3 is 2.32 bits per heavy atom. The molecule has 2 aromatic carbocycles. The van der Waals surface area contributed by atoms with E-state index in [0.29, 0.717) is 5.56 Å². The van der Waals surface area contributed by atoms with Crippen LogP contribution < -0.4 is 5.43 Å². The van der Waals surface area contributed by atoms with Crippen LogP contribution in [0.1, 0.15) is 5.56 Å². The van der Waals surface area contributed by atoms with E-state index in [9.17, 15) is 20.2 Å². The molecule has 11 nitrogen and oxygen atoms in total.